The topological polar surface area (TPSA) is 66.8 Å². The number of aromatic nitrogens is 4. The zero-order valence-electron chi connectivity index (χ0n) is 10.7. The van der Waals surface area contributed by atoms with Crippen molar-refractivity contribution in [3.05, 3.63) is 36.7 Å². The number of imidazole rings is 1. The van der Waals surface area contributed by atoms with E-state index in [1.54, 1.807) is 18.5 Å². The van der Waals surface area contributed by atoms with Crippen LogP contribution >= 0.6 is 0 Å². The van der Waals surface area contributed by atoms with Gasteiger partial charge in [-0.2, -0.15) is 5.10 Å². The summed E-state index contributed by atoms with van der Waals surface area (Å²) in [7, 11) is 0. The lowest BCUT2D eigenvalue weighted by Gasteiger charge is -2.32. The van der Waals surface area contributed by atoms with Crippen LogP contribution < -0.4 is 0 Å². The molecule has 0 bridgehead atoms. The Kier molecular flexibility index (Phi) is 3.31. The van der Waals surface area contributed by atoms with E-state index in [4.69, 9.17) is 0 Å². The van der Waals surface area contributed by atoms with Crippen molar-refractivity contribution >= 4 is 5.91 Å². The molecule has 3 heterocycles. The predicted octanol–water partition coefficient (Wildman–Crippen LogP) is 1.16. The van der Waals surface area contributed by atoms with Crippen molar-refractivity contribution in [3.8, 4) is 0 Å². The first-order valence-corrected chi connectivity index (χ1v) is 6.57. The Morgan fingerprint density at radius 2 is 2.42 bits per heavy atom. The fraction of sp³-hybridized carbons (Fsp3) is 0.462. The summed E-state index contributed by atoms with van der Waals surface area (Å²) >= 11 is 0. The van der Waals surface area contributed by atoms with Gasteiger partial charge in [-0.3, -0.25) is 9.89 Å². The molecule has 0 aromatic carbocycles. The second kappa shape index (κ2) is 5.26. The Balaban J connectivity index is 1.63. The SMILES string of the molecule is O=C(c1ccn[nH]1)N1CCC[C@H](Cn2ccnc2)C1. The molecule has 6 nitrogen and oxygen atoms in total. The highest BCUT2D eigenvalue weighted by atomic mass is 16.2. The zero-order chi connectivity index (χ0) is 13.1. The summed E-state index contributed by atoms with van der Waals surface area (Å²) in [5, 5.41) is 6.57. The number of nitrogens with zero attached hydrogens (tertiary/aromatic N) is 4. The van der Waals surface area contributed by atoms with Gasteiger partial charge >= 0.3 is 0 Å². The zero-order valence-corrected chi connectivity index (χ0v) is 10.7. The van der Waals surface area contributed by atoms with Crippen LogP contribution in [0.3, 0.4) is 0 Å². The molecular weight excluding hydrogens is 242 g/mol. The van der Waals surface area contributed by atoms with Gasteiger partial charge in [0, 0.05) is 38.2 Å². The van der Waals surface area contributed by atoms with Gasteiger partial charge < -0.3 is 9.47 Å². The van der Waals surface area contributed by atoms with E-state index in [0.29, 0.717) is 11.6 Å². The van der Waals surface area contributed by atoms with E-state index in [1.807, 2.05) is 17.4 Å². The van der Waals surface area contributed by atoms with Crippen LogP contribution in [0, 0.1) is 5.92 Å². The van der Waals surface area contributed by atoms with Crippen molar-refractivity contribution in [2.24, 2.45) is 5.92 Å². The van der Waals surface area contributed by atoms with Crippen molar-refractivity contribution in [1.29, 1.82) is 0 Å². The van der Waals surface area contributed by atoms with Gasteiger partial charge in [0.2, 0.25) is 0 Å². The second-order valence-corrected chi connectivity index (χ2v) is 4.99. The molecule has 0 aliphatic carbocycles. The van der Waals surface area contributed by atoms with E-state index >= 15 is 0 Å². The van der Waals surface area contributed by atoms with E-state index < -0.39 is 0 Å². The van der Waals surface area contributed by atoms with Crippen LogP contribution in [0.25, 0.3) is 0 Å². The highest BCUT2D eigenvalue weighted by Gasteiger charge is 2.25. The van der Waals surface area contributed by atoms with Gasteiger partial charge in [0.25, 0.3) is 5.91 Å². The van der Waals surface area contributed by atoms with Crippen LogP contribution in [0.1, 0.15) is 23.3 Å². The van der Waals surface area contributed by atoms with Gasteiger partial charge in [-0.1, -0.05) is 0 Å². The fourth-order valence-corrected chi connectivity index (χ4v) is 2.64. The molecule has 6 heteroatoms. The molecule has 1 atom stereocenters. The maximum absolute atomic E-state index is 12.2. The maximum Gasteiger partial charge on any atom is 0.271 e. The number of nitrogens with one attached hydrogen (secondary N) is 1. The molecule has 1 amide bonds. The summed E-state index contributed by atoms with van der Waals surface area (Å²) in [6.07, 6.45) is 9.41. The van der Waals surface area contributed by atoms with Gasteiger partial charge in [0.05, 0.1) is 6.33 Å². The normalized spacial score (nSPS) is 19.6. The number of hydrogen-bond acceptors (Lipinski definition) is 3. The molecule has 0 unspecified atom stereocenters. The summed E-state index contributed by atoms with van der Waals surface area (Å²) in [6.45, 7) is 2.56. The number of amides is 1. The molecule has 0 spiro atoms. The van der Waals surface area contributed by atoms with Crippen LogP contribution in [-0.4, -0.2) is 43.6 Å². The van der Waals surface area contributed by atoms with Crippen molar-refractivity contribution in [2.75, 3.05) is 13.1 Å². The molecule has 1 aliphatic rings. The number of rotatable bonds is 3. The van der Waals surface area contributed by atoms with Crippen molar-refractivity contribution < 1.29 is 4.79 Å². The Labute approximate surface area is 111 Å². The first kappa shape index (κ1) is 12.0. The summed E-state index contributed by atoms with van der Waals surface area (Å²) in [5.74, 6) is 0.544. The highest BCUT2D eigenvalue weighted by Crippen LogP contribution is 2.19. The molecule has 1 fully saturated rings. The minimum absolute atomic E-state index is 0.0489. The van der Waals surface area contributed by atoms with Gasteiger partial charge in [-0.05, 0) is 24.8 Å². The number of H-pyrrole nitrogens is 1. The molecule has 2 aromatic heterocycles. The molecule has 1 aliphatic heterocycles. The summed E-state index contributed by atoms with van der Waals surface area (Å²) in [4.78, 5) is 18.2. The van der Waals surface area contributed by atoms with E-state index in [2.05, 4.69) is 19.7 Å². The molecule has 3 rings (SSSR count). The summed E-state index contributed by atoms with van der Waals surface area (Å²) < 4.78 is 2.08. The third-order valence-electron chi connectivity index (χ3n) is 3.57. The van der Waals surface area contributed by atoms with Crippen molar-refractivity contribution in [3.63, 3.8) is 0 Å². The van der Waals surface area contributed by atoms with E-state index in [0.717, 1.165) is 32.5 Å². The Hall–Kier alpha value is -2.11. The first-order chi connectivity index (χ1) is 9.33. The van der Waals surface area contributed by atoms with E-state index in [9.17, 15) is 4.79 Å². The first-order valence-electron chi connectivity index (χ1n) is 6.57. The van der Waals surface area contributed by atoms with E-state index in [1.165, 1.54) is 0 Å². The van der Waals surface area contributed by atoms with Crippen molar-refractivity contribution in [2.45, 2.75) is 19.4 Å². The van der Waals surface area contributed by atoms with Crippen LogP contribution in [0.15, 0.2) is 31.0 Å². The fourth-order valence-electron chi connectivity index (χ4n) is 2.64. The lowest BCUT2D eigenvalue weighted by Crippen LogP contribution is -2.41. The third-order valence-corrected chi connectivity index (χ3v) is 3.57. The van der Waals surface area contributed by atoms with Crippen LogP contribution in [0.2, 0.25) is 0 Å². The average Bonchev–Trinajstić information content (AvgIpc) is 3.11. The molecule has 0 saturated carbocycles. The largest absolute Gasteiger partial charge is 0.337 e. The third kappa shape index (κ3) is 2.67. The Morgan fingerprint density at radius 1 is 1.47 bits per heavy atom. The molecule has 19 heavy (non-hydrogen) atoms. The highest BCUT2D eigenvalue weighted by molar-refractivity contribution is 5.92. The minimum Gasteiger partial charge on any atom is -0.337 e. The number of piperidine rings is 1. The molecule has 0 radical (unpaired) electrons. The number of aromatic amines is 1. The van der Waals surface area contributed by atoms with Gasteiger partial charge in [0.15, 0.2) is 0 Å². The number of likely N-dealkylation sites (tertiary alicyclic amines) is 1. The summed E-state index contributed by atoms with van der Waals surface area (Å²) in [6, 6.07) is 1.72. The molecule has 2 aromatic rings. The molecule has 100 valence electrons. The van der Waals surface area contributed by atoms with Crippen LogP contribution in [0.5, 0.6) is 0 Å². The number of hydrogen-bond donors (Lipinski definition) is 1. The average molecular weight is 259 g/mol. The second-order valence-electron chi connectivity index (χ2n) is 4.99. The summed E-state index contributed by atoms with van der Waals surface area (Å²) in [5.41, 5.74) is 0.572. The quantitative estimate of drug-likeness (QED) is 0.899. The van der Waals surface area contributed by atoms with Crippen molar-refractivity contribution in [1.82, 2.24) is 24.6 Å². The lowest BCUT2D eigenvalue weighted by molar-refractivity contribution is 0.0656. The van der Waals surface area contributed by atoms with Gasteiger partial charge in [0.1, 0.15) is 5.69 Å². The molecular formula is C13H17N5O. The number of carbonyl (C=O) groups excluding carboxylic acids is 1. The van der Waals surface area contributed by atoms with E-state index in [-0.39, 0.29) is 5.91 Å². The Morgan fingerprint density at radius 3 is 3.16 bits per heavy atom. The molecule has 1 N–H and O–H groups in total. The molecule has 1 saturated heterocycles. The number of carbonyl (C=O) groups is 1. The van der Waals surface area contributed by atoms with Gasteiger partial charge in [-0.25, -0.2) is 4.98 Å². The smallest absolute Gasteiger partial charge is 0.271 e. The van der Waals surface area contributed by atoms with Gasteiger partial charge in [-0.15, -0.1) is 0 Å². The Bertz CT molecular complexity index is 519. The maximum atomic E-state index is 12.2. The minimum atomic E-state index is 0.0489. The lowest BCUT2D eigenvalue weighted by atomic mass is 9.97. The van der Waals surface area contributed by atoms with Crippen LogP contribution in [0.4, 0.5) is 0 Å². The standard InChI is InChI=1S/C13H17N5O/c19-13(12-3-4-15-16-12)18-6-1-2-11(9-18)8-17-7-5-14-10-17/h3-5,7,10-11H,1-2,6,8-9H2,(H,15,16)/t11-/m1/s1. The monoisotopic (exact) mass is 259 g/mol. The predicted molar refractivity (Wildman–Crippen MR) is 69.4 cm³/mol. The van der Waals surface area contributed by atoms with Crippen LogP contribution in [-0.2, 0) is 6.54 Å².